The van der Waals surface area contributed by atoms with E-state index < -0.39 is 5.91 Å². The number of amides is 1. The highest BCUT2D eigenvalue weighted by atomic mass is 32.1. The Hall–Kier alpha value is -2.21. The van der Waals surface area contributed by atoms with Crippen molar-refractivity contribution in [3.8, 4) is 0 Å². The molecule has 1 heterocycles. The van der Waals surface area contributed by atoms with E-state index in [1.807, 2.05) is 36.2 Å². The molecule has 0 fully saturated rings. The number of carbonyl (C=O) groups excluding carboxylic acids is 1. The molecule has 1 aromatic carbocycles. The number of hydrogen-bond acceptors (Lipinski definition) is 5. The summed E-state index contributed by atoms with van der Waals surface area (Å²) in [4.78, 5) is 21.0. The second-order valence-electron chi connectivity index (χ2n) is 3.58. The van der Waals surface area contributed by atoms with Crippen LogP contribution < -0.4 is 10.6 Å². The molecule has 1 amide bonds. The second kappa shape index (κ2) is 4.97. The molecule has 0 bridgehead atoms. The molecule has 2 N–H and O–H groups in total. The van der Waals surface area contributed by atoms with E-state index in [4.69, 9.17) is 5.73 Å². The van der Waals surface area contributed by atoms with Crippen molar-refractivity contribution >= 4 is 41.2 Å². The van der Waals surface area contributed by atoms with Crippen molar-refractivity contribution in [2.75, 3.05) is 11.9 Å². The first-order valence-electron chi connectivity index (χ1n) is 5.18. The third kappa shape index (κ3) is 2.23. The van der Waals surface area contributed by atoms with E-state index in [2.05, 4.69) is 16.7 Å². The van der Waals surface area contributed by atoms with Crippen LogP contribution in [0.1, 0.15) is 9.80 Å². The first-order chi connectivity index (χ1) is 8.63. The average Bonchev–Trinajstić information content (AvgIpc) is 2.87. The molecule has 0 atom stereocenters. The summed E-state index contributed by atoms with van der Waals surface area (Å²) in [6, 6.07) is 7.56. The highest BCUT2D eigenvalue weighted by Crippen LogP contribution is 2.32. The molecule has 0 radical (unpaired) electrons. The molecule has 2 rings (SSSR count). The Bertz CT molecular complexity index is 593. The van der Waals surface area contributed by atoms with Crippen LogP contribution in [0.25, 0.3) is 0 Å². The number of aliphatic imine (C=N–C) groups is 1. The molecule has 92 valence electrons. The van der Waals surface area contributed by atoms with E-state index in [0.29, 0.717) is 10.8 Å². The number of hydrogen-bond donors (Lipinski definition) is 1. The fraction of sp³-hybridized carbons (Fsp3) is 0.0833. The van der Waals surface area contributed by atoms with Gasteiger partial charge in [-0.1, -0.05) is 12.1 Å². The molecule has 0 aliphatic heterocycles. The van der Waals surface area contributed by atoms with Crippen LogP contribution in [0, 0.1) is 0 Å². The number of rotatable bonds is 4. The number of nitrogens with two attached hydrogens (primary N) is 1. The van der Waals surface area contributed by atoms with Gasteiger partial charge in [-0.15, -0.1) is 11.3 Å². The number of aromatic nitrogens is 1. The predicted octanol–water partition coefficient (Wildman–Crippen LogP) is 2.34. The molecule has 0 unspecified atom stereocenters. The van der Waals surface area contributed by atoms with E-state index in [1.165, 1.54) is 11.3 Å². The van der Waals surface area contributed by atoms with Gasteiger partial charge >= 0.3 is 0 Å². The van der Waals surface area contributed by atoms with Crippen LogP contribution in [-0.2, 0) is 0 Å². The van der Waals surface area contributed by atoms with Crippen LogP contribution in [0.5, 0.6) is 0 Å². The summed E-state index contributed by atoms with van der Waals surface area (Å²) >= 11 is 1.22. The van der Waals surface area contributed by atoms with Gasteiger partial charge in [0, 0.05) is 12.4 Å². The standard InChI is InChI=1S/C12H12N4OS/c1-14-8-5-3-4-6-9(8)16(2)10-7-18-12(15-10)11(13)17/h3-7H,1H2,2H3,(H2,13,17). The molecule has 0 saturated carbocycles. The molecule has 0 aliphatic rings. The van der Waals surface area contributed by atoms with Gasteiger partial charge in [0.15, 0.2) is 5.01 Å². The van der Waals surface area contributed by atoms with Gasteiger partial charge < -0.3 is 10.6 Å². The van der Waals surface area contributed by atoms with Gasteiger partial charge in [-0.3, -0.25) is 9.79 Å². The Kier molecular flexibility index (Phi) is 3.38. The Morgan fingerprint density at radius 1 is 1.50 bits per heavy atom. The van der Waals surface area contributed by atoms with Gasteiger partial charge in [0.1, 0.15) is 5.82 Å². The summed E-state index contributed by atoms with van der Waals surface area (Å²) in [5.41, 5.74) is 6.81. The average molecular weight is 260 g/mol. The first kappa shape index (κ1) is 12.3. The van der Waals surface area contributed by atoms with E-state index in [1.54, 1.807) is 5.38 Å². The quantitative estimate of drug-likeness (QED) is 0.858. The molecule has 1 aromatic heterocycles. The Morgan fingerprint density at radius 3 is 2.83 bits per heavy atom. The number of thiazole rings is 1. The lowest BCUT2D eigenvalue weighted by Gasteiger charge is -2.18. The Balaban J connectivity index is 2.37. The van der Waals surface area contributed by atoms with Crippen LogP contribution in [0.3, 0.4) is 0 Å². The number of nitrogens with zero attached hydrogens (tertiary/aromatic N) is 3. The summed E-state index contributed by atoms with van der Waals surface area (Å²) in [6.07, 6.45) is 0. The minimum atomic E-state index is -0.519. The highest BCUT2D eigenvalue weighted by Gasteiger charge is 2.13. The van der Waals surface area contributed by atoms with Crippen LogP contribution >= 0.6 is 11.3 Å². The maximum atomic E-state index is 11.0. The van der Waals surface area contributed by atoms with Gasteiger partial charge in [-0.2, -0.15) is 0 Å². The lowest BCUT2D eigenvalue weighted by atomic mass is 10.2. The smallest absolute Gasteiger partial charge is 0.277 e. The summed E-state index contributed by atoms with van der Waals surface area (Å²) in [5, 5.41) is 2.07. The predicted molar refractivity (Wildman–Crippen MR) is 74.3 cm³/mol. The highest BCUT2D eigenvalue weighted by molar-refractivity contribution is 7.12. The SMILES string of the molecule is C=Nc1ccccc1N(C)c1csc(C(N)=O)n1. The summed E-state index contributed by atoms with van der Waals surface area (Å²) in [6.45, 7) is 3.53. The second-order valence-corrected chi connectivity index (χ2v) is 4.44. The maximum absolute atomic E-state index is 11.0. The zero-order valence-electron chi connectivity index (χ0n) is 9.83. The van der Waals surface area contributed by atoms with Crippen molar-refractivity contribution in [1.82, 2.24) is 4.98 Å². The molecule has 0 aliphatic carbocycles. The zero-order valence-corrected chi connectivity index (χ0v) is 10.6. The van der Waals surface area contributed by atoms with Gasteiger partial charge in [-0.25, -0.2) is 4.98 Å². The Labute approximate surface area is 109 Å². The zero-order chi connectivity index (χ0) is 13.1. The summed E-state index contributed by atoms with van der Waals surface area (Å²) < 4.78 is 0. The lowest BCUT2D eigenvalue weighted by Crippen LogP contribution is -2.13. The number of benzene rings is 1. The molecule has 6 heteroatoms. The summed E-state index contributed by atoms with van der Waals surface area (Å²) in [5.74, 6) is 0.139. The molecule has 0 spiro atoms. The van der Waals surface area contributed by atoms with Crippen LogP contribution in [0.4, 0.5) is 17.2 Å². The molecule has 18 heavy (non-hydrogen) atoms. The monoisotopic (exact) mass is 260 g/mol. The van der Waals surface area contributed by atoms with Gasteiger partial charge in [0.05, 0.1) is 11.4 Å². The normalized spacial score (nSPS) is 10.1. The molecular formula is C12H12N4OS. The Morgan fingerprint density at radius 2 is 2.22 bits per heavy atom. The van der Waals surface area contributed by atoms with Crippen LogP contribution in [0.2, 0.25) is 0 Å². The number of anilines is 2. The van der Waals surface area contributed by atoms with Crippen molar-refractivity contribution in [3.05, 3.63) is 34.7 Å². The van der Waals surface area contributed by atoms with Crippen molar-refractivity contribution in [3.63, 3.8) is 0 Å². The first-order valence-corrected chi connectivity index (χ1v) is 6.06. The van der Waals surface area contributed by atoms with Crippen molar-refractivity contribution in [2.24, 2.45) is 10.7 Å². The van der Waals surface area contributed by atoms with Gasteiger partial charge in [0.25, 0.3) is 5.91 Å². The van der Waals surface area contributed by atoms with E-state index in [-0.39, 0.29) is 0 Å². The molecule has 2 aromatic rings. The maximum Gasteiger partial charge on any atom is 0.277 e. The largest absolute Gasteiger partial charge is 0.364 e. The third-order valence-electron chi connectivity index (χ3n) is 2.46. The minimum absolute atomic E-state index is 0.292. The van der Waals surface area contributed by atoms with Crippen molar-refractivity contribution in [1.29, 1.82) is 0 Å². The summed E-state index contributed by atoms with van der Waals surface area (Å²) in [7, 11) is 1.85. The number of para-hydroxylation sites is 2. The lowest BCUT2D eigenvalue weighted by molar-refractivity contribution is 0.1000. The fourth-order valence-corrected chi connectivity index (χ4v) is 2.23. The number of carbonyl (C=O) groups is 1. The molecule has 5 nitrogen and oxygen atoms in total. The van der Waals surface area contributed by atoms with Crippen molar-refractivity contribution in [2.45, 2.75) is 0 Å². The number of primary amides is 1. The fourth-order valence-electron chi connectivity index (χ4n) is 1.54. The topological polar surface area (TPSA) is 71.6 Å². The molecular weight excluding hydrogens is 248 g/mol. The molecule has 0 saturated heterocycles. The third-order valence-corrected chi connectivity index (χ3v) is 3.30. The van der Waals surface area contributed by atoms with Gasteiger partial charge in [0.2, 0.25) is 0 Å². The minimum Gasteiger partial charge on any atom is -0.364 e. The van der Waals surface area contributed by atoms with Gasteiger partial charge in [-0.05, 0) is 18.9 Å². The van der Waals surface area contributed by atoms with E-state index in [0.717, 1.165) is 11.4 Å². The van der Waals surface area contributed by atoms with Crippen LogP contribution in [-0.4, -0.2) is 24.7 Å². The van der Waals surface area contributed by atoms with E-state index in [9.17, 15) is 4.79 Å². The van der Waals surface area contributed by atoms with Crippen molar-refractivity contribution < 1.29 is 4.79 Å². The van der Waals surface area contributed by atoms with E-state index >= 15 is 0 Å². The van der Waals surface area contributed by atoms with Crippen LogP contribution in [0.15, 0.2) is 34.6 Å².